The van der Waals surface area contributed by atoms with Crippen molar-refractivity contribution in [2.24, 2.45) is 11.3 Å². The van der Waals surface area contributed by atoms with Crippen molar-refractivity contribution in [3.8, 4) is 0 Å². The second kappa shape index (κ2) is 14.2. The number of hydrogen-bond donors (Lipinski definition) is 1. The van der Waals surface area contributed by atoms with Crippen LogP contribution in [0, 0.1) is 11.3 Å². The van der Waals surface area contributed by atoms with Gasteiger partial charge in [0.15, 0.2) is 0 Å². The van der Waals surface area contributed by atoms with Crippen molar-refractivity contribution in [2.45, 2.75) is 65.4 Å². The fourth-order valence-corrected chi connectivity index (χ4v) is 4.47. The lowest BCUT2D eigenvalue weighted by Crippen LogP contribution is -2.37. The van der Waals surface area contributed by atoms with Gasteiger partial charge in [0.1, 0.15) is 6.61 Å². The maximum absolute atomic E-state index is 13.5. The molecule has 2 aromatic carbocycles. The molecule has 3 aromatic rings. The highest BCUT2D eigenvalue weighted by molar-refractivity contribution is 5.95. The van der Waals surface area contributed by atoms with Crippen molar-refractivity contribution < 1.29 is 14.3 Å². The largest absolute Gasteiger partial charge is 0.461 e. The molecule has 1 heterocycles. The number of esters is 1. The SMILES string of the molecule is CCCCCC(C)(CC(CCc1ccccc1)C(=O)OCc1ccccc1)C(=O)Nc1cccnc1. The molecule has 0 saturated heterocycles. The fourth-order valence-electron chi connectivity index (χ4n) is 4.47. The number of hydrogen-bond acceptors (Lipinski definition) is 4. The van der Waals surface area contributed by atoms with E-state index in [0.717, 1.165) is 31.2 Å². The van der Waals surface area contributed by atoms with Gasteiger partial charge < -0.3 is 10.1 Å². The Balaban J connectivity index is 1.77. The van der Waals surface area contributed by atoms with Crippen LogP contribution in [0.15, 0.2) is 85.2 Å². The third kappa shape index (κ3) is 8.63. The lowest BCUT2D eigenvalue weighted by atomic mass is 9.74. The Hall–Kier alpha value is -3.47. The lowest BCUT2D eigenvalue weighted by Gasteiger charge is -2.32. The van der Waals surface area contributed by atoms with Gasteiger partial charge in [-0.25, -0.2) is 0 Å². The van der Waals surface area contributed by atoms with Crippen LogP contribution in [-0.4, -0.2) is 16.9 Å². The first kappa shape index (κ1) is 27.1. The molecule has 0 fully saturated rings. The van der Waals surface area contributed by atoms with Crippen LogP contribution in [0.1, 0.15) is 63.5 Å². The van der Waals surface area contributed by atoms with Gasteiger partial charge in [0, 0.05) is 11.6 Å². The summed E-state index contributed by atoms with van der Waals surface area (Å²) in [5.41, 5.74) is 2.08. The second-order valence-electron chi connectivity index (χ2n) is 9.73. The summed E-state index contributed by atoms with van der Waals surface area (Å²) < 4.78 is 5.77. The number of carbonyl (C=O) groups is 2. The number of aromatic nitrogens is 1. The quantitative estimate of drug-likeness (QED) is 0.197. The van der Waals surface area contributed by atoms with E-state index in [1.807, 2.05) is 61.5 Å². The molecule has 1 aromatic heterocycles. The van der Waals surface area contributed by atoms with Crippen molar-refractivity contribution in [2.75, 3.05) is 5.32 Å². The van der Waals surface area contributed by atoms with Crippen molar-refractivity contribution in [3.63, 3.8) is 0 Å². The van der Waals surface area contributed by atoms with Crippen LogP contribution < -0.4 is 5.32 Å². The van der Waals surface area contributed by atoms with Crippen molar-refractivity contribution in [3.05, 3.63) is 96.3 Å². The molecular weight excluding hydrogens is 448 g/mol. The molecule has 5 nitrogen and oxygen atoms in total. The molecule has 0 saturated carbocycles. The maximum Gasteiger partial charge on any atom is 0.309 e. The summed E-state index contributed by atoms with van der Waals surface area (Å²) in [6.07, 6.45) is 8.88. The zero-order valence-electron chi connectivity index (χ0n) is 21.5. The number of nitrogens with one attached hydrogen (secondary N) is 1. The van der Waals surface area contributed by atoms with Gasteiger partial charge in [0.25, 0.3) is 0 Å². The Morgan fingerprint density at radius 3 is 2.28 bits per heavy atom. The summed E-state index contributed by atoms with van der Waals surface area (Å²) in [7, 11) is 0. The zero-order valence-corrected chi connectivity index (χ0v) is 21.5. The van der Waals surface area contributed by atoms with Crippen LogP contribution in [0.2, 0.25) is 0 Å². The average molecular weight is 487 g/mol. The summed E-state index contributed by atoms with van der Waals surface area (Å²) in [5, 5.41) is 3.03. The van der Waals surface area contributed by atoms with Crippen molar-refractivity contribution in [1.82, 2.24) is 4.98 Å². The minimum atomic E-state index is -0.710. The summed E-state index contributed by atoms with van der Waals surface area (Å²) >= 11 is 0. The number of carbonyl (C=O) groups excluding carboxylic acids is 2. The molecule has 2 atom stereocenters. The Morgan fingerprint density at radius 2 is 1.64 bits per heavy atom. The predicted octanol–water partition coefficient (Wildman–Crippen LogP) is 6.99. The number of pyridine rings is 1. The van der Waals surface area contributed by atoms with E-state index in [2.05, 4.69) is 29.4 Å². The Bertz CT molecular complexity index is 1060. The molecule has 1 amide bonds. The molecule has 0 spiro atoms. The van der Waals surface area contributed by atoms with E-state index < -0.39 is 5.41 Å². The van der Waals surface area contributed by atoms with Crippen LogP contribution in [0.3, 0.4) is 0 Å². The molecule has 0 aliphatic rings. The van der Waals surface area contributed by atoms with Crippen LogP contribution in [-0.2, 0) is 27.4 Å². The number of amides is 1. The highest BCUT2D eigenvalue weighted by atomic mass is 16.5. The van der Waals surface area contributed by atoms with Crippen LogP contribution in [0.25, 0.3) is 0 Å². The number of benzene rings is 2. The number of nitrogens with zero attached hydrogens (tertiary/aromatic N) is 1. The highest BCUT2D eigenvalue weighted by Gasteiger charge is 2.38. The van der Waals surface area contributed by atoms with E-state index in [9.17, 15) is 9.59 Å². The molecule has 0 radical (unpaired) electrons. The summed E-state index contributed by atoms with van der Waals surface area (Å²) in [5.74, 6) is -0.710. The van der Waals surface area contributed by atoms with Crippen molar-refractivity contribution >= 4 is 17.6 Å². The van der Waals surface area contributed by atoms with E-state index in [1.165, 1.54) is 5.56 Å². The number of anilines is 1. The van der Waals surface area contributed by atoms with Gasteiger partial charge in [-0.2, -0.15) is 0 Å². The zero-order chi connectivity index (χ0) is 25.6. The highest BCUT2D eigenvalue weighted by Crippen LogP contribution is 2.36. The van der Waals surface area contributed by atoms with Crippen LogP contribution >= 0.6 is 0 Å². The van der Waals surface area contributed by atoms with E-state index >= 15 is 0 Å². The molecule has 2 unspecified atom stereocenters. The molecule has 0 bridgehead atoms. The first-order chi connectivity index (χ1) is 17.5. The van der Waals surface area contributed by atoms with Gasteiger partial charge in [0.2, 0.25) is 5.91 Å². The van der Waals surface area contributed by atoms with Gasteiger partial charge in [0.05, 0.1) is 17.8 Å². The Labute approximate surface area is 215 Å². The number of ether oxygens (including phenoxy) is 1. The third-order valence-electron chi connectivity index (χ3n) is 6.68. The minimum Gasteiger partial charge on any atom is -0.461 e. The Morgan fingerprint density at radius 1 is 0.944 bits per heavy atom. The monoisotopic (exact) mass is 486 g/mol. The Kier molecular flexibility index (Phi) is 10.7. The molecule has 3 rings (SSSR count). The number of rotatable bonds is 14. The fraction of sp³-hybridized carbons (Fsp3) is 0.387. The molecule has 190 valence electrons. The van der Waals surface area contributed by atoms with Gasteiger partial charge in [-0.3, -0.25) is 14.6 Å². The van der Waals surface area contributed by atoms with E-state index in [4.69, 9.17) is 4.74 Å². The van der Waals surface area contributed by atoms with Gasteiger partial charge in [-0.15, -0.1) is 0 Å². The van der Waals surface area contributed by atoms with Gasteiger partial charge in [-0.1, -0.05) is 93.8 Å². The summed E-state index contributed by atoms with van der Waals surface area (Å²) in [6.45, 7) is 4.36. The van der Waals surface area contributed by atoms with Crippen LogP contribution in [0.4, 0.5) is 5.69 Å². The predicted molar refractivity (Wildman–Crippen MR) is 144 cm³/mol. The number of aryl methyl sites for hydroxylation is 1. The maximum atomic E-state index is 13.5. The summed E-state index contributed by atoms with van der Waals surface area (Å²) in [6, 6.07) is 23.5. The normalized spacial score (nSPS) is 13.4. The standard InChI is InChI=1S/C31H38N2O3/c1-3-4-11-20-31(2,30(35)33-28-17-12-21-32-23-28)22-27(19-18-25-13-7-5-8-14-25)29(34)36-24-26-15-9-6-10-16-26/h5-10,12-17,21,23,27H,3-4,11,18-20,22,24H2,1-2H3,(H,33,35). The molecule has 0 aliphatic carbocycles. The average Bonchev–Trinajstić information content (AvgIpc) is 2.91. The summed E-state index contributed by atoms with van der Waals surface area (Å²) in [4.78, 5) is 31.0. The smallest absolute Gasteiger partial charge is 0.309 e. The van der Waals surface area contributed by atoms with Crippen LogP contribution in [0.5, 0.6) is 0 Å². The third-order valence-corrected chi connectivity index (χ3v) is 6.68. The van der Waals surface area contributed by atoms with E-state index in [0.29, 0.717) is 24.9 Å². The van der Waals surface area contributed by atoms with Gasteiger partial charge >= 0.3 is 5.97 Å². The van der Waals surface area contributed by atoms with Gasteiger partial charge in [-0.05, 0) is 48.9 Å². The molecule has 1 N–H and O–H groups in total. The first-order valence-electron chi connectivity index (χ1n) is 13.0. The number of unbranched alkanes of at least 4 members (excludes halogenated alkanes) is 2. The molecule has 5 heteroatoms. The second-order valence-corrected chi connectivity index (χ2v) is 9.73. The molecule has 0 aliphatic heterocycles. The minimum absolute atomic E-state index is 0.0767. The molecular formula is C31H38N2O3. The molecule has 36 heavy (non-hydrogen) atoms. The first-order valence-corrected chi connectivity index (χ1v) is 13.0. The topological polar surface area (TPSA) is 68.3 Å². The lowest BCUT2D eigenvalue weighted by molar-refractivity contribution is -0.152. The van der Waals surface area contributed by atoms with E-state index in [1.54, 1.807) is 18.5 Å². The van der Waals surface area contributed by atoms with Crippen molar-refractivity contribution in [1.29, 1.82) is 0 Å². The van der Waals surface area contributed by atoms with E-state index in [-0.39, 0.29) is 24.4 Å².